The highest BCUT2D eigenvalue weighted by molar-refractivity contribution is 7.93. The molecule has 1 amide bonds. The first kappa shape index (κ1) is 23.5. The molecule has 0 aliphatic carbocycles. The van der Waals surface area contributed by atoms with E-state index in [0.717, 1.165) is 33.2 Å². The van der Waals surface area contributed by atoms with Crippen molar-refractivity contribution in [3.8, 4) is 5.75 Å². The van der Waals surface area contributed by atoms with E-state index in [1.54, 1.807) is 24.3 Å². The summed E-state index contributed by atoms with van der Waals surface area (Å²) in [6.07, 6.45) is 1.28. The van der Waals surface area contributed by atoms with Crippen LogP contribution in [0.25, 0.3) is 0 Å². The van der Waals surface area contributed by atoms with Crippen LogP contribution in [0.3, 0.4) is 0 Å². The molecule has 3 aromatic rings. The number of rotatable bonds is 9. The predicted molar refractivity (Wildman–Crippen MR) is 128 cm³/mol. The van der Waals surface area contributed by atoms with Gasteiger partial charge in [0.2, 0.25) is 5.91 Å². The molecule has 0 fully saturated rings. The highest BCUT2D eigenvalue weighted by Crippen LogP contribution is 2.26. The molecule has 168 valence electrons. The smallest absolute Gasteiger partial charge is 0.270 e. The molecule has 0 spiro atoms. The average Bonchev–Trinajstić information content (AvgIpc) is 2.78. The number of carbonyl (C=O) groups is 1. The van der Waals surface area contributed by atoms with Gasteiger partial charge in [0.05, 0.1) is 17.2 Å². The summed E-state index contributed by atoms with van der Waals surface area (Å²) in [6, 6.07) is 21.3. The summed E-state index contributed by atoms with van der Waals surface area (Å²) in [6.45, 7) is 6.19. The molecule has 0 unspecified atom stereocenters. The zero-order valence-electron chi connectivity index (χ0n) is 18.7. The number of ether oxygens (including phenoxy) is 1. The van der Waals surface area contributed by atoms with Crippen molar-refractivity contribution in [1.82, 2.24) is 0 Å². The van der Waals surface area contributed by atoms with Crippen LogP contribution in [0.15, 0.2) is 77.7 Å². The molecule has 0 atom stereocenters. The summed E-state index contributed by atoms with van der Waals surface area (Å²) in [5.74, 6) is 0.280. The van der Waals surface area contributed by atoms with E-state index in [9.17, 15) is 13.2 Å². The standard InChI is InChI=1S/C26H29NO4S/c1-4-22-13-15-23(16-14-22)27(32(29,30)24-17-11-20(2)12-18-24)26(28)10-7-19-31-25-9-6-5-8-21(25)3/h5-6,8-9,11-18H,4,7,10,19H2,1-3H3. The lowest BCUT2D eigenvalue weighted by Gasteiger charge is -2.23. The zero-order valence-corrected chi connectivity index (χ0v) is 19.6. The van der Waals surface area contributed by atoms with E-state index < -0.39 is 15.9 Å². The minimum Gasteiger partial charge on any atom is -0.493 e. The Morgan fingerprint density at radius 1 is 0.906 bits per heavy atom. The quantitative estimate of drug-likeness (QED) is 0.406. The maximum Gasteiger partial charge on any atom is 0.270 e. The maximum atomic E-state index is 13.4. The highest BCUT2D eigenvalue weighted by atomic mass is 32.2. The SMILES string of the molecule is CCc1ccc(N(C(=O)CCCOc2ccccc2C)S(=O)(=O)c2ccc(C)cc2)cc1. The van der Waals surface area contributed by atoms with Crippen LogP contribution in [-0.4, -0.2) is 20.9 Å². The number of hydrogen-bond acceptors (Lipinski definition) is 4. The lowest BCUT2D eigenvalue weighted by Crippen LogP contribution is -2.37. The molecule has 5 nitrogen and oxygen atoms in total. The van der Waals surface area contributed by atoms with Gasteiger partial charge in [-0.15, -0.1) is 0 Å². The second kappa shape index (κ2) is 10.5. The monoisotopic (exact) mass is 451 g/mol. The van der Waals surface area contributed by atoms with Gasteiger partial charge in [-0.1, -0.05) is 55.0 Å². The summed E-state index contributed by atoms with van der Waals surface area (Å²) in [4.78, 5) is 13.2. The van der Waals surface area contributed by atoms with Crippen LogP contribution in [0, 0.1) is 13.8 Å². The van der Waals surface area contributed by atoms with Gasteiger partial charge in [0.1, 0.15) is 5.75 Å². The molecule has 0 aliphatic rings. The second-order valence-corrected chi connectivity index (χ2v) is 9.50. The van der Waals surface area contributed by atoms with Gasteiger partial charge < -0.3 is 4.74 Å². The summed E-state index contributed by atoms with van der Waals surface area (Å²) in [5, 5.41) is 0. The molecular formula is C26H29NO4S. The topological polar surface area (TPSA) is 63.7 Å². The fourth-order valence-corrected chi connectivity index (χ4v) is 4.77. The summed E-state index contributed by atoms with van der Waals surface area (Å²) >= 11 is 0. The Hall–Kier alpha value is -3.12. The molecule has 6 heteroatoms. The number of sulfonamides is 1. The lowest BCUT2D eigenvalue weighted by atomic mass is 10.1. The van der Waals surface area contributed by atoms with Crippen LogP contribution in [0.2, 0.25) is 0 Å². The zero-order chi connectivity index (χ0) is 23.1. The third-order valence-electron chi connectivity index (χ3n) is 5.25. The van der Waals surface area contributed by atoms with Gasteiger partial charge in [0, 0.05) is 6.42 Å². The van der Waals surface area contributed by atoms with Crippen molar-refractivity contribution in [2.24, 2.45) is 0 Å². The van der Waals surface area contributed by atoms with Gasteiger partial charge in [-0.25, -0.2) is 12.7 Å². The molecule has 3 aromatic carbocycles. The van der Waals surface area contributed by atoms with Crippen molar-refractivity contribution in [3.05, 3.63) is 89.5 Å². The molecule has 3 rings (SSSR count). The normalized spacial score (nSPS) is 11.2. The summed E-state index contributed by atoms with van der Waals surface area (Å²) in [7, 11) is -4.04. The Kier molecular flexibility index (Phi) is 7.70. The van der Waals surface area contributed by atoms with E-state index >= 15 is 0 Å². The van der Waals surface area contributed by atoms with E-state index in [1.165, 1.54) is 12.1 Å². The van der Waals surface area contributed by atoms with Gasteiger partial charge in [-0.3, -0.25) is 4.79 Å². The van der Waals surface area contributed by atoms with Crippen molar-refractivity contribution in [2.45, 2.75) is 44.9 Å². The number of carbonyl (C=O) groups excluding carboxylic acids is 1. The minimum atomic E-state index is -4.04. The Morgan fingerprint density at radius 2 is 1.56 bits per heavy atom. The lowest BCUT2D eigenvalue weighted by molar-refractivity contribution is -0.117. The third-order valence-corrected chi connectivity index (χ3v) is 7.01. The molecule has 0 aliphatic heterocycles. The van der Waals surface area contributed by atoms with Crippen LogP contribution < -0.4 is 9.04 Å². The number of nitrogens with zero attached hydrogens (tertiary/aromatic N) is 1. The van der Waals surface area contributed by atoms with Crippen molar-refractivity contribution in [2.75, 3.05) is 10.9 Å². The third kappa shape index (κ3) is 5.56. The van der Waals surface area contributed by atoms with E-state index in [0.29, 0.717) is 18.7 Å². The second-order valence-electron chi connectivity index (χ2n) is 7.71. The average molecular weight is 452 g/mol. The van der Waals surface area contributed by atoms with Crippen LogP contribution in [0.5, 0.6) is 5.75 Å². The van der Waals surface area contributed by atoms with Crippen molar-refractivity contribution >= 4 is 21.6 Å². The number of hydrogen-bond donors (Lipinski definition) is 0. The Bertz CT molecular complexity index is 1150. The molecule has 0 saturated heterocycles. The van der Waals surface area contributed by atoms with Gasteiger partial charge in [-0.05, 0) is 68.1 Å². The van der Waals surface area contributed by atoms with E-state index in [2.05, 4.69) is 0 Å². The van der Waals surface area contributed by atoms with Crippen molar-refractivity contribution in [3.63, 3.8) is 0 Å². The fourth-order valence-electron chi connectivity index (χ4n) is 3.32. The van der Waals surface area contributed by atoms with Crippen molar-refractivity contribution < 1.29 is 17.9 Å². The maximum absolute atomic E-state index is 13.4. The molecule has 0 aromatic heterocycles. The van der Waals surface area contributed by atoms with Crippen molar-refractivity contribution in [1.29, 1.82) is 0 Å². The highest BCUT2D eigenvalue weighted by Gasteiger charge is 2.30. The molecule has 32 heavy (non-hydrogen) atoms. The van der Waals surface area contributed by atoms with Gasteiger partial charge >= 0.3 is 0 Å². The number of para-hydroxylation sites is 1. The number of amides is 1. The molecule has 0 saturated carbocycles. The van der Waals surface area contributed by atoms with E-state index in [-0.39, 0.29) is 11.3 Å². The first-order valence-corrected chi connectivity index (χ1v) is 12.2. The van der Waals surface area contributed by atoms with Crippen LogP contribution in [0.4, 0.5) is 5.69 Å². The van der Waals surface area contributed by atoms with Gasteiger partial charge in [0.15, 0.2) is 0 Å². The molecule has 0 heterocycles. The number of benzene rings is 3. The van der Waals surface area contributed by atoms with Crippen LogP contribution in [0.1, 0.15) is 36.5 Å². The Balaban J connectivity index is 1.80. The Labute approximate surface area is 190 Å². The minimum absolute atomic E-state index is 0.0481. The summed E-state index contributed by atoms with van der Waals surface area (Å²) in [5.41, 5.74) is 3.37. The Morgan fingerprint density at radius 3 is 2.19 bits per heavy atom. The van der Waals surface area contributed by atoms with Gasteiger partial charge in [-0.2, -0.15) is 0 Å². The predicted octanol–water partition coefficient (Wildman–Crippen LogP) is 5.45. The first-order chi connectivity index (χ1) is 15.3. The van der Waals surface area contributed by atoms with E-state index in [4.69, 9.17) is 4.74 Å². The van der Waals surface area contributed by atoms with Crippen LogP contribution in [-0.2, 0) is 21.2 Å². The number of anilines is 1. The summed E-state index contributed by atoms with van der Waals surface area (Å²) < 4.78 is 33.5. The largest absolute Gasteiger partial charge is 0.493 e. The van der Waals surface area contributed by atoms with Gasteiger partial charge in [0.25, 0.3) is 10.0 Å². The first-order valence-electron chi connectivity index (χ1n) is 10.7. The molecule has 0 bridgehead atoms. The van der Waals surface area contributed by atoms with E-state index in [1.807, 2.05) is 57.2 Å². The molecule has 0 N–H and O–H groups in total. The number of aryl methyl sites for hydroxylation is 3. The molecule has 0 radical (unpaired) electrons. The fraction of sp³-hybridized carbons (Fsp3) is 0.269. The molecular weight excluding hydrogens is 422 g/mol. The van der Waals surface area contributed by atoms with Crippen LogP contribution >= 0.6 is 0 Å².